The number of piperidine rings is 1. The van der Waals surface area contributed by atoms with Crippen LogP contribution in [0, 0.1) is 6.92 Å². The van der Waals surface area contributed by atoms with Crippen molar-refractivity contribution in [1.82, 2.24) is 15.1 Å². The van der Waals surface area contributed by atoms with Crippen LogP contribution in [-0.4, -0.2) is 22.9 Å². The maximum atomic E-state index is 4.38. The van der Waals surface area contributed by atoms with Gasteiger partial charge >= 0.3 is 0 Å². The highest BCUT2D eigenvalue weighted by atomic mass is 15.3. The van der Waals surface area contributed by atoms with E-state index < -0.39 is 0 Å². The second-order valence-corrected chi connectivity index (χ2v) is 3.88. The van der Waals surface area contributed by atoms with Crippen LogP contribution in [0.25, 0.3) is 0 Å². The Morgan fingerprint density at radius 3 is 3.00 bits per heavy atom. The Kier molecular flexibility index (Phi) is 2.36. The number of nitrogens with one attached hydrogen (secondary N) is 1. The minimum atomic E-state index is 0.667. The van der Waals surface area contributed by atoms with E-state index in [1.165, 1.54) is 25.1 Å². The zero-order valence-electron chi connectivity index (χ0n) is 8.38. The van der Waals surface area contributed by atoms with Crippen LogP contribution >= 0.6 is 0 Å². The quantitative estimate of drug-likeness (QED) is 0.702. The van der Waals surface area contributed by atoms with E-state index in [1.54, 1.807) is 0 Å². The molecular formula is C10H17N3. The van der Waals surface area contributed by atoms with Gasteiger partial charge in [0.2, 0.25) is 0 Å². The lowest BCUT2D eigenvalue weighted by Crippen LogP contribution is -2.29. The highest BCUT2D eigenvalue weighted by molar-refractivity contribution is 5.14. The second-order valence-electron chi connectivity index (χ2n) is 3.88. The number of hydrogen-bond donors (Lipinski definition) is 1. The van der Waals surface area contributed by atoms with Crippen LogP contribution in [0.5, 0.6) is 0 Å². The van der Waals surface area contributed by atoms with Gasteiger partial charge in [0, 0.05) is 25.2 Å². The van der Waals surface area contributed by atoms with E-state index in [0.717, 1.165) is 12.2 Å². The van der Waals surface area contributed by atoms with Gasteiger partial charge in [-0.25, -0.2) is 0 Å². The Balaban J connectivity index is 2.18. The highest BCUT2D eigenvalue weighted by Gasteiger charge is 2.18. The number of hydrogen-bond acceptors (Lipinski definition) is 2. The fraction of sp³-hybridized carbons (Fsp3) is 0.700. The molecule has 1 aliphatic heterocycles. The summed E-state index contributed by atoms with van der Waals surface area (Å²) >= 11 is 0. The van der Waals surface area contributed by atoms with Crippen molar-refractivity contribution in [2.24, 2.45) is 7.05 Å². The molecule has 1 aromatic rings. The van der Waals surface area contributed by atoms with E-state index in [4.69, 9.17) is 0 Å². The van der Waals surface area contributed by atoms with Gasteiger partial charge in [-0.3, -0.25) is 4.68 Å². The second kappa shape index (κ2) is 3.50. The summed E-state index contributed by atoms with van der Waals surface area (Å²) < 4.78 is 2.02. The predicted octanol–water partition coefficient (Wildman–Crippen LogP) is 1.20. The van der Waals surface area contributed by atoms with Crippen molar-refractivity contribution >= 4 is 0 Å². The van der Waals surface area contributed by atoms with E-state index in [-0.39, 0.29) is 0 Å². The zero-order chi connectivity index (χ0) is 9.26. The largest absolute Gasteiger partial charge is 0.316 e. The molecule has 1 aromatic heterocycles. The third-order valence-electron chi connectivity index (χ3n) is 2.75. The van der Waals surface area contributed by atoms with Gasteiger partial charge in [0.25, 0.3) is 0 Å². The summed E-state index contributed by atoms with van der Waals surface area (Å²) in [5, 5.41) is 7.80. The molecule has 2 rings (SSSR count). The molecule has 0 radical (unpaired) electrons. The number of aryl methyl sites for hydroxylation is 2. The molecule has 2 heterocycles. The number of nitrogens with zero attached hydrogens (tertiary/aromatic N) is 2. The molecule has 0 saturated carbocycles. The van der Waals surface area contributed by atoms with Gasteiger partial charge in [-0.15, -0.1) is 0 Å². The molecule has 1 saturated heterocycles. The van der Waals surface area contributed by atoms with Crippen LogP contribution < -0.4 is 5.32 Å². The molecule has 0 aromatic carbocycles. The summed E-state index contributed by atoms with van der Waals surface area (Å²) in [6.07, 6.45) is 2.58. The maximum Gasteiger partial charge on any atom is 0.0596 e. The van der Waals surface area contributed by atoms with Gasteiger partial charge in [-0.1, -0.05) is 0 Å². The monoisotopic (exact) mass is 179 g/mol. The van der Waals surface area contributed by atoms with Crippen molar-refractivity contribution in [3.8, 4) is 0 Å². The van der Waals surface area contributed by atoms with E-state index in [2.05, 4.69) is 23.4 Å². The van der Waals surface area contributed by atoms with E-state index in [1.807, 2.05) is 11.7 Å². The van der Waals surface area contributed by atoms with Crippen LogP contribution in [0.4, 0.5) is 0 Å². The van der Waals surface area contributed by atoms with Crippen LogP contribution in [0.2, 0.25) is 0 Å². The third-order valence-corrected chi connectivity index (χ3v) is 2.75. The van der Waals surface area contributed by atoms with Gasteiger partial charge in [0.15, 0.2) is 0 Å². The smallest absolute Gasteiger partial charge is 0.0596 e. The first kappa shape index (κ1) is 8.75. The zero-order valence-corrected chi connectivity index (χ0v) is 8.38. The first-order valence-electron chi connectivity index (χ1n) is 4.98. The van der Waals surface area contributed by atoms with Crippen LogP contribution in [0.15, 0.2) is 6.07 Å². The normalized spacial score (nSPS) is 23.4. The third kappa shape index (κ3) is 1.75. The lowest BCUT2D eigenvalue weighted by Gasteiger charge is -2.22. The van der Waals surface area contributed by atoms with Crippen molar-refractivity contribution < 1.29 is 0 Å². The van der Waals surface area contributed by atoms with Crippen molar-refractivity contribution in [3.05, 3.63) is 17.5 Å². The van der Waals surface area contributed by atoms with E-state index >= 15 is 0 Å². The first-order chi connectivity index (χ1) is 6.27. The fourth-order valence-corrected chi connectivity index (χ4v) is 2.12. The summed E-state index contributed by atoms with van der Waals surface area (Å²) in [6.45, 7) is 4.34. The summed E-state index contributed by atoms with van der Waals surface area (Å²) in [4.78, 5) is 0. The van der Waals surface area contributed by atoms with Crippen molar-refractivity contribution in [2.45, 2.75) is 25.7 Å². The van der Waals surface area contributed by atoms with Crippen molar-refractivity contribution in [1.29, 1.82) is 0 Å². The number of aromatic nitrogens is 2. The minimum absolute atomic E-state index is 0.667. The Hall–Kier alpha value is -0.830. The van der Waals surface area contributed by atoms with Gasteiger partial charge in [0.1, 0.15) is 0 Å². The summed E-state index contributed by atoms with van der Waals surface area (Å²) in [5.41, 5.74) is 2.51. The van der Waals surface area contributed by atoms with Gasteiger partial charge in [-0.2, -0.15) is 5.10 Å². The highest BCUT2D eigenvalue weighted by Crippen LogP contribution is 2.22. The van der Waals surface area contributed by atoms with Gasteiger partial charge in [-0.05, 0) is 32.4 Å². The molecule has 1 aliphatic rings. The molecule has 0 spiro atoms. The lowest BCUT2D eigenvalue weighted by atomic mass is 9.96. The standard InChI is InChI=1S/C10H17N3/c1-8-6-10(13(2)12-8)9-4-3-5-11-7-9/h6,9,11H,3-5,7H2,1-2H3. The van der Waals surface area contributed by atoms with E-state index in [0.29, 0.717) is 5.92 Å². The first-order valence-corrected chi connectivity index (χ1v) is 4.98. The molecular weight excluding hydrogens is 162 g/mol. The molecule has 1 unspecified atom stereocenters. The molecule has 1 fully saturated rings. The van der Waals surface area contributed by atoms with Crippen LogP contribution in [0.1, 0.15) is 30.1 Å². The molecule has 72 valence electrons. The summed E-state index contributed by atoms with van der Waals surface area (Å²) in [7, 11) is 2.04. The maximum absolute atomic E-state index is 4.38. The Labute approximate surface area is 79.1 Å². The number of rotatable bonds is 1. The van der Waals surface area contributed by atoms with Gasteiger partial charge < -0.3 is 5.32 Å². The molecule has 0 amide bonds. The molecule has 3 heteroatoms. The Bertz CT molecular complexity index is 284. The van der Waals surface area contributed by atoms with Crippen LogP contribution in [-0.2, 0) is 7.05 Å². The van der Waals surface area contributed by atoms with Gasteiger partial charge in [0.05, 0.1) is 5.69 Å². The molecule has 13 heavy (non-hydrogen) atoms. The lowest BCUT2D eigenvalue weighted by molar-refractivity contribution is 0.441. The molecule has 3 nitrogen and oxygen atoms in total. The summed E-state index contributed by atoms with van der Waals surface area (Å²) in [6, 6.07) is 2.21. The minimum Gasteiger partial charge on any atom is -0.316 e. The van der Waals surface area contributed by atoms with Crippen molar-refractivity contribution in [3.63, 3.8) is 0 Å². The Morgan fingerprint density at radius 1 is 1.62 bits per heavy atom. The molecule has 1 atom stereocenters. The summed E-state index contributed by atoms with van der Waals surface area (Å²) in [5.74, 6) is 0.667. The molecule has 0 bridgehead atoms. The van der Waals surface area contributed by atoms with Crippen LogP contribution in [0.3, 0.4) is 0 Å². The topological polar surface area (TPSA) is 29.9 Å². The fourth-order valence-electron chi connectivity index (χ4n) is 2.12. The average molecular weight is 179 g/mol. The molecule has 0 aliphatic carbocycles. The average Bonchev–Trinajstić information content (AvgIpc) is 2.47. The predicted molar refractivity (Wildman–Crippen MR) is 52.8 cm³/mol. The Morgan fingerprint density at radius 2 is 2.46 bits per heavy atom. The van der Waals surface area contributed by atoms with E-state index in [9.17, 15) is 0 Å². The molecule has 1 N–H and O–H groups in total. The SMILES string of the molecule is Cc1cc(C2CCCNC2)n(C)n1. The van der Waals surface area contributed by atoms with Crippen molar-refractivity contribution in [2.75, 3.05) is 13.1 Å².